The number of hydrogen-bond acceptors (Lipinski definition) is 5. The first-order valence-corrected chi connectivity index (χ1v) is 7.64. The van der Waals surface area contributed by atoms with E-state index >= 15 is 0 Å². The van der Waals surface area contributed by atoms with E-state index in [1.165, 1.54) is 30.6 Å². The number of nitrogens with zero attached hydrogens (tertiary/aromatic N) is 2. The molecule has 3 N–H and O–H groups in total. The van der Waals surface area contributed by atoms with Crippen LogP contribution in [0, 0.1) is 0 Å². The molecule has 2 rings (SSSR count). The number of rotatable bonds is 3. The maximum atomic E-state index is 11.8. The number of carbonyl (C=O) groups is 1. The van der Waals surface area contributed by atoms with Gasteiger partial charge in [0, 0.05) is 12.6 Å². The molecule has 0 aromatic carbocycles. The number of anilines is 1. The summed E-state index contributed by atoms with van der Waals surface area (Å²) >= 11 is 1.45. The van der Waals surface area contributed by atoms with Crippen LogP contribution in [0.15, 0.2) is 0 Å². The van der Waals surface area contributed by atoms with Crippen molar-refractivity contribution in [2.75, 3.05) is 11.4 Å². The lowest BCUT2D eigenvalue weighted by molar-refractivity contribution is 0.0956. The van der Waals surface area contributed by atoms with E-state index in [2.05, 4.69) is 22.2 Å². The predicted molar refractivity (Wildman–Crippen MR) is 78.5 cm³/mol. The SMILES string of the molecule is CC(C)c1nc(N2CCCCC2C)sc1C(=O)NN. The van der Waals surface area contributed by atoms with E-state index in [1.807, 2.05) is 13.8 Å². The maximum absolute atomic E-state index is 11.8. The van der Waals surface area contributed by atoms with Crippen LogP contribution in [0.1, 0.15) is 61.3 Å². The molecule has 0 spiro atoms. The Balaban J connectivity index is 2.34. The lowest BCUT2D eigenvalue weighted by Crippen LogP contribution is -2.37. The summed E-state index contributed by atoms with van der Waals surface area (Å²) < 4.78 is 0. The third-order valence-corrected chi connectivity index (χ3v) is 4.68. The zero-order valence-corrected chi connectivity index (χ0v) is 12.6. The molecule has 1 amide bonds. The summed E-state index contributed by atoms with van der Waals surface area (Å²) in [7, 11) is 0. The monoisotopic (exact) mass is 282 g/mol. The lowest BCUT2D eigenvalue weighted by atomic mass is 10.0. The van der Waals surface area contributed by atoms with Crippen LogP contribution in [0.5, 0.6) is 0 Å². The first-order valence-electron chi connectivity index (χ1n) is 6.83. The van der Waals surface area contributed by atoms with E-state index in [0.717, 1.165) is 17.4 Å². The smallest absolute Gasteiger partial charge is 0.277 e. The fourth-order valence-electron chi connectivity index (χ4n) is 2.44. The summed E-state index contributed by atoms with van der Waals surface area (Å²) in [5.41, 5.74) is 3.06. The molecule has 1 aromatic rings. The molecule has 1 aliphatic heterocycles. The fourth-order valence-corrected chi connectivity index (χ4v) is 3.70. The van der Waals surface area contributed by atoms with Gasteiger partial charge in [-0.15, -0.1) is 0 Å². The number of hydrogen-bond donors (Lipinski definition) is 2. The number of carbonyl (C=O) groups excluding carboxylic acids is 1. The molecule has 1 aliphatic rings. The second-order valence-corrected chi connectivity index (χ2v) is 6.35. The molecule has 0 bridgehead atoms. The van der Waals surface area contributed by atoms with Crippen molar-refractivity contribution in [2.24, 2.45) is 5.84 Å². The van der Waals surface area contributed by atoms with Crippen molar-refractivity contribution in [3.05, 3.63) is 10.6 Å². The summed E-state index contributed by atoms with van der Waals surface area (Å²) in [6.07, 6.45) is 3.66. The van der Waals surface area contributed by atoms with Gasteiger partial charge in [-0.05, 0) is 32.1 Å². The third-order valence-electron chi connectivity index (χ3n) is 3.57. The lowest BCUT2D eigenvalue weighted by Gasteiger charge is -2.33. The number of piperidine rings is 1. The van der Waals surface area contributed by atoms with Crippen molar-refractivity contribution in [3.63, 3.8) is 0 Å². The van der Waals surface area contributed by atoms with E-state index in [-0.39, 0.29) is 11.8 Å². The summed E-state index contributed by atoms with van der Waals surface area (Å²) in [5, 5.41) is 0.953. The van der Waals surface area contributed by atoms with Gasteiger partial charge in [-0.1, -0.05) is 25.2 Å². The second kappa shape index (κ2) is 5.88. The highest BCUT2D eigenvalue weighted by Gasteiger charge is 2.26. The van der Waals surface area contributed by atoms with Gasteiger partial charge in [-0.25, -0.2) is 10.8 Å². The molecular weight excluding hydrogens is 260 g/mol. The average Bonchev–Trinajstić information content (AvgIpc) is 2.83. The van der Waals surface area contributed by atoms with Crippen LogP contribution in [0.4, 0.5) is 5.13 Å². The summed E-state index contributed by atoms with van der Waals surface area (Å²) in [4.78, 5) is 19.5. The minimum atomic E-state index is -0.239. The Bertz CT molecular complexity index is 457. The van der Waals surface area contributed by atoms with E-state index in [0.29, 0.717) is 10.9 Å². The molecule has 1 aromatic heterocycles. The molecule has 6 heteroatoms. The molecule has 106 valence electrons. The number of hydrazine groups is 1. The van der Waals surface area contributed by atoms with Crippen LogP contribution < -0.4 is 16.2 Å². The van der Waals surface area contributed by atoms with Gasteiger partial charge in [-0.2, -0.15) is 0 Å². The van der Waals surface area contributed by atoms with E-state index in [4.69, 9.17) is 5.84 Å². The van der Waals surface area contributed by atoms with Crippen LogP contribution in [0.3, 0.4) is 0 Å². The van der Waals surface area contributed by atoms with E-state index in [9.17, 15) is 4.79 Å². The minimum Gasteiger partial charge on any atom is -0.345 e. The van der Waals surface area contributed by atoms with Gasteiger partial charge in [-0.3, -0.25) is 10.2 Å². The van der Waals surface area contributed by atoms with Crippen LogP contribution in [-0.2, 0) is 0 Å². The maximum Gasteiger partial charge on any atom is 0.277 e. The Labute approximate surface area is 118 Å². The van der Waals surface area contributed by atoms with Crippen molar-refractivity contribution >= 4 is 22.4 Å². The van der Waals surface area contributed by atoms with Gasteiger partial charge in [0.25, 0.3) is 5.91 Å². The van der Waals surface area contributed by atoms with Gasteiger partial charge in [0.1, 0.15) is 4.88 Å². The summed E-state index contributed by atoms with van der Waals surface area (Å²) in [6.45, 7) is 7.34. The number of amides is 1. The van der Waals surface area contributed by atoms with Crippen LogP contribution in [0.2, 0.25) is 0 Å². The van der Waals surface area contributed by atoms with Crippen LogP contribution in [-0.4, -0.2) is 23.5 Å². The first-order chi connectivity index (χ1) is 9.04. The molecule has 5 nitrogen and oxygen atoms in total. The van der Waals surface area contributed by atoms with E-state index < -0.39 is 0 Å². The molecular formula is C13H22N4OS. The van der Waals surface area contributed by atoms with Crippen LogP contribution in [0.25, 0.3) is 0 Å². The molecule has 0 radical (unpaired) electrons. The number of thiazole rings is 1. The van der Waals surface area contributed by atoms with Gasteiger partial charge in [0.15, 0.2) is 5.13 Å². The first kappa shape index (κ1) is 14.3. The van der Waals surface area contributed by atoms with Crippen molar-refractivity contribution in [3.8, 4) is 0 Å². The topological polar surface area (TPSA) is 71.2 Å². The van der Waals surface area contributed by atoms with Gasteiger partial charge < -0.3 is 4.90 Å². The number of aromatic nitrogens is 1. The Hall–Kier alpha value is -1.14. The van der Waals surface area contributed by atoms with E-state index in [1.54, 1.807) is 0 Å². The molecule has 1 atom stereocenters. The van der Waals surface area contributed by atoms with Gasteiger partial charge in [0.2, 0.25) is 0 Å². The molecule has 1 fully saturated rings. The molecule has 1 unspecified atom stereocenters. The van der Waals surface area contributed by atoms with Crippen molar-refractivity contribution < 1.29 is 4.79 Å². The fraction of sp³-hybridized carbons (Fsp3) is 0.692. The molecule has 0 saturated carbocycles. The Morgan fingerprint density at radius 1 is 1.53 bits per heavy atom. The standard InChI is InChI=1S/C13H22N4OS/c1-8(2)10-11(12(18)16-14)19-13(15-10)17-7-5-4-6-9(17)3/h8-9H,4-7,14H2,1-3H3,(H,16,18). The van der Waals surface area contributed by atoms with Crippen molar-refractivity contribution in [2.45, 2.75) is 52.0 Å². The molecule has 2 heterocycles. The Morgan fingerprint density at radius 2 is 2.26 bits per heavy atom. The van der Waals surface area contributed by atoms with Crippen molar-refractivity contribution in [1.82, 2.24) is 10.4 Å². The zero-order chi connectivity index (χ0) is 14.0. The molecule has 0 aliphatic carbocycles. The summed E-state index contributed by atoms with van der Waals surface area (Å²) in [5.74, 6) is 5.23. The third kappa shape index (κ3) is 2.90. The quantitative estimate of drug-likeness (QED) is 0.507. The zero-order valence-electron chi connectivity index (χ0n) is 11.8. The minimum absolute atomic E-state index is 0.220. The number of nitrogen functional groups attached to an aromatic ring is 1. The number of nitrogens with one attached hydrogen (secondary N) is 1. The van der Waals surface area contributed by atoms with Crippen LogP contribution >= 0.6 is 11.3 Å². The highest BCUT2D eigenvalue weighted by Crippen LogP contribution is 2.33. The van der Waals surface area contributed by atoms with Crippen molar-refractivity contribution in [1.29, 1.82) is 0 Å². The Kier molecular flexibility index (Phi) is 4.42. The van der Waals surface area contributed by atoms with Gasteiger partial charge >= 0.3 is 0 Å². The average molecular weight is 282 g/mol. The molecule has 1 saturated heterocycles. The highest BCUT2D eigenvalue weighted by atomic mass is 32.1. The molecule has 19 heavy (non-hydrogen) atoms. The normalized spacial score (nSPS) is 19.8. The summed E-state index contributed by atoms with van der Waals surface area (Å²) in [6, 6.07) is 0.494. The highest BCUT2D eigenvalue weighted by molar-refractivity contribution is 7.17. The Morgan fingerprint density at radius 3 is 2.84 bits per heavy atom. The second-order valence-electron chi connectivity index (χ2n) is 5.38. The largest absolute Gasteiger partial charge is 0.345 e. The van der Waals surface area contributed by atoms with Gasteiger partial charge in [0.05, 0.1) is 5.69 Å². The predicted octanol–water partition coefficient (Wildman–Crippen LogP) is 2.25. The number of nitrogens with two attached hydrogens (primary N) is 1.